The molecule has 0 N–H and O–H groups in total. The van der Waals surface area contributed by atoms with E-state index in [0.29, 0.717) is 11.6 Å². The molecule has 3 heterocycles. The first-order chi connectivity index (χ1) is 10.7. The van der Waals surface area contributed by atoms with Gasteiger partial charge in [0.25, 0.3) is 5.91 Å². The van der Waals surface area contributed by atoms with Crippen LogP contribution in [0.5, 0.6) is 0 Å². The van der Waals surface area contributed by atoms with E-state index in [-0.39, 0.29) is 5.91 Å². The Bertz CT molecular complexity index is 638. The van der Waals surface area contributed by atoms with Crippen molar-refractivity contribution in [3.05, 3.63) is 29.8 Å². The molecular formula is C15H22N6O. The normalized spacial score (nSPS) is 16.2. The zero-order valence-electron chi connectivity index (χ0n) is 13.1. The summed E-state index contributed by atoms with van der Waals surface area (Å²) in [5.41, 5.74) is 1.73. The van der Waals surface area contributed by atoms with E-state index in [2.05, 4.69) is 33.1 Å². The lowest BCUT2D eigenvalue weighted by Crippen LogP contribution is -2.38. The van der Waals surface area contributed by atoms with Gasteiger partial charge in [-0.15, -0.1) is 5.10 Å². The predicted molar refractivity (Wildman–Crippen MR) is 81.4 cm³/mol. The molecule has 1 amide bonds. The van der Waals surface area contributed by atoms with Crippen molar-refractivity contribution in [1.82, 2.24) is 29.7 Å². The Kier molecular flexibility index (Phi) is 4.22. The molecular weight excluding hydrogens is 280 g/mol. The third-order valence-corrected chi connectivity index (χ3v) is 4.21. The van der Waals surface area contributed by atoms with Crippen LogP contribution in [0.25, 0.3) is 0 Å². The minimum absolute atomic E-state index is 0.0198. The summed E-state index contributed by atoms with van der Waals surface area (Å²) < 4.78 is 3.66. The van der Waals surface area contributed by atoms with Gasteiger partial charge in [-0.05, 0) is 25.3 Å². The Hall–Kier alpha value is -2.18. The minimum Gasteiger partial charge on any atom is -0.337 e. The first-order valence-corrected chi connectivity index (χ1v) is 7.86. The van der Waals surface area contributed by atoms with Gasteiger partial charge in [0.2, 0.25) is 0 Å². The van der Waals surface area contributed by atoms with Crippen molar-refractivity contribution in [1.29, 1.82) is 0 Å². The van der Waals surface area contributed by atoms with Crippen molar-refractivity contribution >= 4 is 5.91 Å². The first kappa shape index (κ1) is 14.7. The fourth-order valence-electron chi connectivity index (χ4n) is 3.07. The predicted octanol–water partition coefficient (Wildman–Crippen LogP) is 1.44. The quantitative estimate of drug-likeness (QED) is 0.857. The summed E-state index contributed by atoms with van der Waals surface area (Å²) in [6.07, 6.45) is 6.58. The molecule has 3 rings (SSSR count). The average Bonchev–Trinajstić information content (AvgIpc) is 3.16. The third kappa shape index (κ3) is 2.88. The van der Waals surface area contributed by atoms with Crippen molar-refractivity contribution in [2.24, 2.45) is 7.05 Å². The minimum atomic E-state index is -0.0198. The molecule has 1 saturated heterocycles. The number of nitrogens with zero attached hydrogens (tertiary/aromatic N) is 6. The molecule has 1 aliphatic heterocycles. The van der Waals surface area contributed by atoms with Gasteiger partial charge in [-0.25, -0.2) is 0 Å². The molecule has 0 aliphatic carbocycles. The summed E-state index contributed by atoms with van der Waals surface area (Å²) in [5, 5.41) is 12.1. The van der Waals surface area contributed by atoms with Crippen LogP contribution < -0.4 is 0 Å². The highest BCUT2D eigenvalue weighted by atomic mass is 16.2. The highest BCUT2D eigenvalue weighted by Crippen LogP contribution is 2.28. The Labute approximate surface area is 129 Å². The molecule has 7 heteroatoms. The second-order valence-electron chi connectivity index (χ2n) is 5.82. The highest BCUT2D eigenvalue weighted by Gasteiger charge is 2.27. The monoisotopic (exact) mass is 302 g/mol. The van der Waals surface area contributed by atoms with Gasteiger partial charge < -0.3 is 4.90 Å². The molecule has 0 radical (unpaired) electrons. The standard InChI is InChI=1S/C15H22N6O/c1-3-8-21-14(4-7-16-21)12-5-9-20(10-6-12)15(22)13-11-19(2)18-17-13/h4,7,11-12H,3,5-6,8-10H2,1-2H3. The maximum Gasteiger partial charge on any atom is 0.276 e. The maximum atomic E-state index is 12.4. The molecule has 118 valence electrons. The third-order valence-electron chi connectivity index (χ3n) is 4.21. The Morgan fingerprint density at radius 3 is 2.77 bits per heavy atom. The van der Waals surface area contributed by atoms with Crippen molar-refractivity contribution in [3.8, 4) is 0 Å². The number of aryl methyl sites for hydroxylation is 2. The van der Waals surface area contributed by atoms with Crippen molar-refractivity contribution in [2.45, 2.75) is 38.6 Å². The van der Waals surface area contributed by atoms with Crippen LogP contribution in [-0.2, 0) is 13.6 Å². The summed E-state index contributed by atoms with van der Waals surface area (Å²) in [5.74, 6) is 0.466. The van der Waals surface area contributed by atoms with E-state index in [9.17, 15) is 4.79 Å². The summed E-state index contributed by atoms with van der Waals surface area (Å²) in [6, 6.07) is 2.11. The lowest BCUT2D eigenvalue weighted by molar-refractivity contribution is 0.0705. The molecule has 7 nitrogen and oxygen atoms in total. The van der Waals surface area contributed by atoms with Crippen LogP contribution in [0.4, 0.5) is 0 Å². The lowest BCUT2D eigenvalue weighted by atomic mass is 9.93. The molecule has 22 heavy (non-hydrogen) atoms. The fourth-order valence-corrected chi connectivity index (χ4v) is 3.07. The zero-order valence-corrected chi connectivity index (χ0v) is 13.1. The van der Waals surface area contributed by atoms with E-state index < -0.39 is 0 Å². The van der Waals surface area contributed by atoms with Gasteiger partial charge in [0.05, 0.1) is 6.20 Å². The van der Waals surface area contributed by atoms with E-state index >= 15 is 0 Å². The lowest BCUT2D eigenvalue weighted by Gasteiger charge is -2.31. The highest BCUT2D eigenvalue weighted by molar-refractivity contribution is 5.92. The van der Waals surface area contributed by atoms with E-state index in [1.165, 1.54) is 5.69 Å². The molecule has 2 aromatic rings. The number of carbonyl (C=O) groups excluding carboxylic acids is 1. The van der Waals surface area contributed by atoms with Crippen LogP contribution in [0.15, 0.2) is 18.5 Å². The topological polar surface area (TPSA) is 68.8 Å². The number of carbonyl (C=O) groups is 1. The average molecular weight is 302 g/mol. The van der Waals surface area contributed by atoms with Crippen molar-refractivity contribution in [2.75, 3.05) is 13.1 Å². The van der Waals surface area contributed by atoms with Crippen LogP contribution in [-0.4, -0.2) is 48.7 Å². The Morgan fingerprint density at radius 2 is 2.14 bits per heavy atom. The Balaban J connectivity index is 1.62. The van der Waals surface area contributed by atoms with Gasteiger partial charge in [-0.2, -0.15) is 5.10 Å². The van der Waals surface area contributed by atoms with Crippen LogP contribution in [0.2, 0.25) is 0 Å². The van der Waals surface area contributed by atoms with Gasteiger partial charge in [-0.3, -0.25) is 14.2 Å². The van der Waals surface area contributed by atoms with Crippen LogP contribution in [0.1, 0.15) is 48.3 Å². The molecule has 0 aromatic carbocycles. The second kappa shape index (κ2) is 6.29. The van der Waals surface area contributed by atoms with Gasteiger partial charge in [-0.1, -0.05) is 12.1 Å². The van der Waals surface area contributed by atoms with Gasteiger partial charge >= 0.3 is 0 Å². The van der Waals surface area contributed by atoms with E-state index in [1.807, 2.05) is 11.1 Å². The number of amides is 1. The molecule has 2 aromatic heterocycles. The van der Waals surface area contributed by atoms with E-state index in [1.54, 1.807) is 17.9 Å². The van der Waals surface area contributed by atoms with Crippen LogP contribution >= 0.6 is 0 Å². The number of aromatic nitrogens is 5. The smallest absolute Gasteiger partial charge is 0.276 e. The van der Waals surface area contributed by atoms with Crippen molar-refractivity contribution in [3.63, 3.8) is 0 Å². The fraction of sp³-hybridized carbons (Fsp3) is 0.600. The SMILES string of the molecule is CCCn1nccc1C1CCN(C(=O)c2cn(C)nn2)CC1. The van der Waals surface area contributed by atoms with E-state index in [0.717, 1.165) is 38.9 Å². The second-order valence-corrected chi connectivity index (χ2v) is 5.82. The van der Waals surface area contributed by atoms with Gasteiger partial charge in [0.1, 0.15) is 0 Å². The molecule has 0 spiro atoms. The number of hydrogen-bond acceptors (Lipinski definition) is 4. The zero-order chi connectivity index (χ0) is 15.5. The molecule has 1 fully saturated rings. The summed E-state index contributed by atoms with van der Waals surface area (Å²) in [6.45, 7) is 4.64. The summed E-state index contributed by atoms with van der Waals surface area (Å²) in [7, 11) is 1.77. The van der Waals surface area contributed by atoms with Gasteiger partial charge in [0, 0.05) is 44.5 Å². The first-order valence-electron chi connectivity index (χ1n) is 7.86. The molecule has 1 aliphatic rings. The maximum absolute atomic E-state index is 12.4. The van der Waals surface area contributed by atoms with E-state index in [4.69, 9.17) is 0 Å². The molecule has 0 bridgehead atoms. The molecule has 0 saturated carbocycles. The summed E-state index contributed by atoms with van der Waals surface area (Å²) in [4.78, 5) is 14.2. The van der Waals surface area contributed by atoms with Crippen LogP contribution in [0, 0.1) is 0 Å². The number of rotatable bonds is 4. The molecule has 0 atom stereocenters. The Morgan fingerprint density at radius 1 is 1.36 bits per heavy atom. The largest absolute Gasteiger partial charge is 0.337 e. The molecule has 0 unspecified atom stereocenters. The number of likely N-dealkylation sites (tertiary alicyclic amines) is 1. The van der Waals surface area contributed by atoms with Gasteiger partial charge in [0.15, 0.2) is 5.69 Å². The number of hydrogen-bond donors (Lipinski definition) is 0. The van der Waals surface area contributed by atoms with Crippen LogP contribution in [0.3, 0.4) is 0 Å². The van der Waals surface area contributed by atoms with Crippen molar-refractivity contribution < 1.29 is 4.79 Å². The summed E-state index contributed by atoms with van der Waals surface area (Å²) >= 11 is 0. The number of piperidine rings is 1.